The Balaban J connectivity index is 1.85. The summed E-state index contributed by atoms with van der Waals surface area (Å²) in [7, 11) is -3.89. The second-order valence-corrected chi connectivity index (χ2v) is 8.92. The molecule has 178 valence electrons. The van der Waals surface area contributed by atoms with Gasteiger partial charge in [0.15, 0.2) is 9.84 Å². The zero-order valence-corrected chi connectivity index (χ0v) is 18.7. The highest BCUT2D eigenvalue weighted by Gasteiger charge is 2.24. The molecule has 0 saturated carbocycles. The van der Waals surface area contributed by atoms with Crippen LogP contribution in [0.15, 0.2) is 56.6 Å². The summed E-state index contributed by atoms with van der Waals surface area (Å²) in [6.07, 6.45) is 0.123. The summed E-state index contributed by atoms with van der Waals surface area (Å²) < 4.78 is 38.6. The van der Waals surface area contributed by atoms with Crippen LogP contribution in [0.4, 0.5) is 16.2 Å². The highest BCUT2D eigenvalue weighted by molar-refractivity contribution is 7.90. The molecule has 0 unspecified atom stereocenters. The number of nitro benzene ring substituents is 1. The van der Waals surface area contributed by atoms with Crippen LogP contribution in [0.3, 0.4) is 0 Å². The summed E-state index contributed by atoms with van der Waals surface area (Å²) in [5, 5.41) is 14.1. The van der Waals surface area contributed by atoms with Crippen LogP contribution in [0.1, 0.15) is 22.8 Å². The summed E-state index contributed by atoms with van der Waals surface area (Å²) in [6, 6.07) is 8.43. The van der Waals surface area contributed by atoms with Crippen LogP contribution < -0.4 is 10.9 Å². The van der Waals surface area contributed by atoms with Gasteiger partial charge in [-0.2, -0.15) is 0 Å². The number of esters is 1. The third-order valence-electron chi connectivity index (χ3n) is 4.50. The molecule has 2 aromatic carbocycles. The number of nitro groups is 1. The number of sulfone groups is 1. The molecule has 0 aliphatic carbocycles. The molecule has 0 spiro atoms. The lowest BCUT2D eigenvalue weighted by Gasteiger charge is -2.10. The largest absolute Gasteiger partial charge is 0.457 e. The standard InChI is InChI=1S/C21H18N2O10S/c1-3-31-21(26)22-14-5-6-15-13(9-19(24)33-17(15)10-14)11-32-20(25)12-4-7-18(34(2,29)30)16(8-12)23(27)28/h4-10H,3,11H2,1-2H3,(H,22,26). The van der Waals surface area contributed by atoms with E-state index >= 15 is 0 Å². The number of anilines is 1. The molecule has 3 rings (SSSR count). The number of rotatable bonds is 7. The molecular weight excluding hydrogens is 472 g/mol. The Morgan fingerprint density at radius 2 is 1.85 bits per heavy atom. The molecule has 0 radical (unpaired) electrons. The summed E-state index contributed by atoms with van der Waals surface area (Å²) >= 11 is 0. The van der Waals surface area contributed by atoms with Crippen molar-refractivity contribution in [3.63, 3.8) is 0 Å². The number of hydrogen-bond acceptors (Lipinski definition) is 10. The number of fused-ring (bicyclic) bond motifs is 1. The molecule has 0 aliphatic rings. The van der Waals surface area contributed by atoms with Crippen LogP contribution in [0.5, 0.6) is 0 Å². The van der Waals surface area contributed by atoms with Gasteiger partial charge in [-0.15, -0.1) is 0 Å². The van der Waals surface area contributed by atoms with Crippen molar-refractivity contribution in [2.75, 3.05) is 18.2 Å². The first kappa shape index (κ1) is 24.4. The fraction of sp³-hybridized carbons (Fsp3) is 0.190. The second kappa shape index (κ2) is 9.70. The Morgan fingerprint density at radius 1 is 1.12 bits per heavy atom. The first-order valence-electron chi connectivity index (χ1n) is 9.65. The summed E-state index contributed by atoms with van der Waals surface area (Å²) in [6.45, 7) is 1.43. The lowest BCUT2D eigenvalue weighted by molar-refractivity contribution is -0.387. The van der Waals surface area contributed by atoms with E-state index in [1.807, 2.05) is 0 Å². The highest BCUT2D eigenvalue weighted by atomic mass is 32.2. The van der Waals surface area contributed by atoms with Gasteiger partial charge in [0.05, 0.1) is 17.1 Å². The summed E-state index contributed by atoms with van der Waals surface area (Å²) in [5.74, 6) is -0.967. The van der Waals surface area contributed by atoms with Gasteiger partial charge in [-0.3, -0.25) is 15.4 Å². The van der Waals surface area contributed by atoms with Crippen LogP contribution in [0.2, 0.25) is 0 Å². The van der Waals surface area contributed by atoms with Crippen molar-refractivity contribution in [3.8, 4) is 0 Å². The Labute approximate surface area is 192 Å². The maximum atomic E-state index is 12.5. The summed E-state index contributed by atoms with van der Waals surface area (Å²) in [5.41, 5.74) is -1.04. The molecule has 13 heteroatoms. The number of nitrogens with zero attached hydrogens (tertiary/aromatic N) is 1. The van der Waals surface area contributed by atoms with Crippen LogP contribution in [0, 0.1) is 10.1 Å². The van der Waals surface area contributed by atoms with Crippen molar-refractivity contribution < 1.29 is 36.8 Å². The topological polar surface area (TPSA) is 172 Å². The number of carbonyl (C=O) groups is 2. The first-order valence-corrected chi connectivity index (χ1v) is 11.5. The maximum absolute atomic E-state index is 12.5. The van der Waals surface area contributed by atoms with Gasteiger partial charge in [0.1, 0.15) is 17.1 Å². The number of hydrogen-bond donors (Lipinski definition) is 1. The molecule has 1 N–H and O–H groups in total. The van der Waals surface area contributed by atoms with E-state index in [4.69, 9.17) is 13.9 Å². The Morgan fingerprint density at radius 3 is 2.50 bits per heavy atom. The Kier molecular flexibility index (Phi) is 6.96. The van der Waals surface area contributed by atoms with Crippen molar-refractivity contribution >= 4 is 44.2 Å². The molecule has 1 heterocycles. The molecule has 1 aromatic heterocycles. The SMILES string of the molecule is CCOC(=O)Nc1ccc2c(COC(=O)c3ccc(S(C)(=O)=O)c([N+](=O)[O-])c3)cc(=O)oc2c1. The van der Waals surface area contributed by atoms with E-state index < -0.39 is 43.0 Å². The Bertz CT molecular complexity index is 1460. The van der Waals surface area contributed by atoms with Gasteiger partial charge in [-0.25, -0.2) is 22.8 Å². The van der Waals surface area contributed by atoms with Crippen molar-refractivity contribution in [1.29, 1.82) is 0 Å². The lowest BCUT2D eigenvalue weighted by Crippen LogP contribution is -2.13. The minimum atomic E-state index is -3.89. The average molecular weight is 490 g/mol. The van der Waals surface area contributed by atoms with Crippen LogP contribution in [-0.4, -0.2) is 38.3 Å². The van der Waals surface area contributed by atoms with Crippen molar-refractivity contribution in [1.82, 2.24) is 0 Å². The van der Waals surface area contributed by atoms with Crippen molar-refractivity contribution in [2.24, 2.45) is 0 Å². The molecule has 34 heavy (non-hydrogen) atoms. The molecule has 3 aromatic rings. The Hall–Kier alpha value is -4.26. The van der Waals surface area contributed by atoms with E-state index in [9.17, 15) is 32.9 Å². The minimum absolute atomic E-state index is 0.112. The number of carbonyl (C=O) groups excluding carboxylic acids is 2. The third kappa shape index (κ3) is 5.56. The van der Waals surface area contributed by atoms with Gasteiger partial charge in [0.2, 0.25) is 0 Å². The average Bonchev–Trinajstić information content (AvgIpc) is 2.75. The van der Waals surface area contributed by atoms with E-state index in [1.54, 1.807) is 6.92 Å². The normalized spacial score (nSPS) is 11.1. The monoisotopic (exact) mass is 490 g/mol. The zero-order chi connectivity index (χ0) is 25.0. The fourth-order valence-corrected chi connectivity index (χ4v) is 3.87. The molecule has 1 amide bonds. The van der Waals surface area contributed by atoms with E-state index in [0.29, 0.717) is 11.1 Å². The predicted octanol–water partition coefficient (Wildman–Crippen LogP) is 3.03. The minimum Gasteiger partial charge on any atom is -0.457 e. The van der Waals surface area contributed by atoms with Crippen molar-refractivity contribution in [3.05, 3.63) is 74.1 Å². The van der Waals surface area contributed by atoms with E-state index in [1.165, 1.54) is 18.2 Å². The van der Waals surface area contributed by atoms with Crippen LogP contribution in [0.25, 0.3) is 11.0 Å². The van der Waals surface area contributed by atoms with E-state index in [2.05, 4.69) is 5.32 Å². The second-order valence-electron chi connectivity index (χ2n) is 6.93. The number of ether oxygens (including phenoxy) is 2. The third-order valence-corrected chi connectivity index (χ3v) is 5.65. The first-order chi connectivity index (χ1) is 16.0. The van der Waals surface area contributed by atoms with Crippen LogP contribution in [-0.2, 0) is 25.9 Å². The maximum Gasteiger partial charge on any atom is 0.411 e. The molecule has 12 nitrogen and oxygen atoms in total. The van der Waals surface area contributed by atoms with E-state index in [0.717, 1.165) is 30.5 Å². The van der Waals surface area contributed by atoms with Crippen molar-refractivity contribution in [2.45, 2.75) is 18.4 Å². The quantitative estimate of drug-likeness (QED) is 0.224. The summed E-state index contributed by atoms with van der Waals surface area (Å²) in [4.78, 5) is 45.8. The zero-order valence-electron chi connectivity index (χ0n) is 17.9. The van der Waals surface area contributed by atoms with Gasteiger partial charge < -0.3 is 13.9 Å². The molecule has 0 bridgehead atoms. The molecule has 0 fully saturated rings. The lowest BCUT2D eigenvalue weighted by atomic mass is 10.1. The molecule has 0 atom stereocenters. The molecule has 0 saturated heterocycles. The fourth-order valence-electron chi connectivity index (χ4n) is 3.04. The van der Waals surface area contributed by atoms with Gasteiger partial charge in [0.25, 0.3) is 5.69 Å². The van der Waals surface area contributed by atoms with Gasteiger partial charge in [-0.1, -0.05) is 0 Å². The molecule has 0 aliphatic heterocycles. The van der Waals surface area contributed by atoms with Crippen LogP contribution >= 0.6 is 0 Å². The highest BCUT2D eigenvalue weighted by Crippen LogP contribution is 2.26. The number of benzene rings is 2. The smallest absolute Gasteiger partial charge is 0.411 e. The molecular formula is C21H18N2O10S. The van der Waals surface area contributed by atoms with Gasteiger partial charge in [-0.05, 0) is 31.2 Å². The number of nitrogens with one attached hydrogen (secondary N) is 1. The van der Waals surface area contributed by atoms with Gasteiger partial charge in [0, 0.05) is 41.1 Å². The van der Waals surface area contributed by atoms with E-state index in [-0.39, 0.29) is 29.9 Å². The predicted molar refractivity (Wildman–Crippen MR) is 118 cm³/mol. The van der Waals surface area contributed by atoms with Gasteiger partial charge >= 0.3 is 17.7 Å². The number of amides is 1.